The summed E-state index contributed by atoms with van der Waals surface area (Å²) in [6.45, 7) is 0. The van der Waals surface area contributed by atoms with Crippen LogP contribution in [0.25, 0.3) is 17.3 Å². The molecule has 0 aliphatic heterocycles. The van der Waals surface area contributed by atoms with Gasteiger partial charge in [0.2, 0.25) is 5.82 Å². The number of benzene rings is 2. The van der Waals surface area contributed by atoms with Gasteiger partial charge in [-0.05, 0) is 60.7 Å². The van der Waals surface area contributed by atoms with E-state index in [1.165, 1.54) is 11.8 Å². The molecule has 0 spiro atoms. The van der Waals surface area contributed by atoms with Crippen molar-refractivity contribution < 1.29 is 13.9 Å². The summed E-state index contributed by atoms with van der Waals surface area (Å²) in [7, 11) is 1.59. The molecule has 0 aliphatic carbocycles. The van der Waals surface area contributed by atoms with Gasteiger partial charge in [-0.2, -0.15) is 0 Å². The molecular formula is C21H16ClN3O3S. The maximum Gasteiger partial charge on any atom is 0.205 e. The average Bonchev–Trinajstić information content (AvgIpc) is 3.42. The summed E-state index contributed by atoms with van der Waals surface area (Å²) in [5, 5.41) is 9.76. The first-order valence-electron chi connectivity index (χ1n) is 8.71. The topological polar surface area (TPSA) is 70.2 Å². The lowest BCUT2D eigenvalue weighted by molar-refractivity contribution is 0.102. The fraction of sp³-hybridized carbons (Fsp3) is 0.0952. The summed E-state index contributed by atoms with van der Waals surface area (Å²) >= 11 is 7.34. The molecule has 0 N–H and O–H groups in total. The Bertz CT molecular complexity index is 1110. The van der Waals surface area contributed by atoms with Crippen molar-refractivity contribution in [2.75, 3.05) is 12.9 Å². The summed E-state index contributed by atoms with van der Waals surface area (Å²) < 4.78 is 12.5. The minimum atomic E-state index is -0.0112. The Morgan fingerprint density at radius 3 is 2.52 bits per heavy atom. The van der Waals surface area contributed by atoms with Crippen LogP contribution in [0.15, 0.2) is 76.5 Å². The molecule has 0 aliphatic rings. The minimum absolute atomic E-state index is 0.0112. The number of aromatic nitrogens is 3. The number of carbonyl (C=O) groups is 1. The number of hydrogen-bond donors (Lipinski definition) is 0. The second kappa shape index (κ2) is 8.55. The van der Waals surface area contributed by atoms with Gasteiger partial charge in [0, 0.05) is 16.3 Å². The molecule has 2 aromatic heterocycles. The second-order valence-electron chi connectivity index (χ2n) is 6.04. The first-order valence-corrected chi connectivity index (χ1v) is 10.1. The lowest BCUT2D eigenvalue weighted by Gasteiger charge is -2.09. The summed E-state index contributed by atoms with van der Waals surface area (Å²) in [5.41, 5.74) is 1.44. The van der Waals surface area contributed by atoms with Crippen LogP contribution in [0.4, 0.5) is 0 Å². The van der Waals surface area contributed by atoms with Gasteiger partial charge in [0.15, 0.2) is 16.7 Å². The van der Waals surface area contributed by atoms with E-state index in [0.29, 0.717) is 33.1 Å². The monoisotopic (exact) mass is 425 g/mol. The van der Waals surface area contributed by atoms with Crippen LogP contribution in [-0.2, 0) is 0 Å². The van der Waals surface area contributed by atoms with Gasteiger partial charge in [-0.3, -0.25) is 9.36 Å². The number of carbonyl (C=O) groups excluding carboxylic acids is 1. The van der Waals surface area contributed by atoms with Crippen molar-refractivity contribution in [1.82, 2.24) is 14.8 Å². The molecule has 2 heterocycles. The Kier molecular flexibility index (Phi) is 5.69. The number of hydrogen-bond acceptors (Lipinski definition) is 6. The zero-order valence-corrected chi connectivity index (χ0v) is 17.0. The third kappa shape index (κ3) is 4.21. The third-order valence-corrected chi connectivity index (χ3v) is 5.39. The molecular weight excluding hydrogens is 410 g/mol. The standard InChI is InChI=1S/C21H16ClN3O3S/c1-27-17-10-4-14(5-11-17)18(26)13-29-21-24-23-20(19-3-2-12-28-19)25(21)16-8-6-15(22)7-9-16/h2-12H,13H2,1H3. The maximum atomic E-state index is 12.6. The van der Waals surface area contributed by atoms with E-state index in [-0.39, 0.29) is 11.5 Å². The van der Waals surface area contributed by atoms with E-state index < -0.39 is 0 Å². The number of furan rings is 1. The molecule has 29 heavy (non-hydrogen) atoms. The molecule has 4 aromatic rings. The van der Waals surface area contributed by atoms with E-state index in [4.69, 9.17) is 20.8 Å². The van der Waals surface area contributed by atoms with Gasteiger partial charge in [-0.1, -0.05) is 23.4 Å². The van der Waals surface area contributed by atoms with Gasteiger partial charge in [0.05, 0.1) is 19.1 Å². The summed E-state index contributed by atoms with van der Waals surface area (Å²) in [5.74, 6) is 2.05. The molecule has 0 fully saturated rings. The lowest BCUT2D eigenvalue weighted by atomic mass is 10.1. The van der Waals surface area contributed by atoms with Crippen LogP contribution >= 0.6 is 23.4 Å². The van der Waals surface area contributed by atoms with Crippen LogP contribution in [0.2, 0.25) is 5.02 Å². The summed E-state index contributed by atoms with van der Waals surface area (Å²) in [6.07, 6.45) is 1.58. The Hall–Kier alpha value is -3.03. The quantitative estimate of drug-likeness (QED) is 0.300. The van der Waals surface area contributed by atoms with Crippen molar-refractivity contribution in [3.05, 3.63) is 77.5 Å². The molecule has 0 amide bonds. The zero-order chi connectivity index (χ0) is 20.2. The van der Waals surface area contributed by atoms with E-state index in [1.54, 1.807) is 55.8 Å². The number of nitrogens with zero attached hydrogens (tertiary/aromatic N) is 3. The summed E-state index contributed by atoms with van der Waals surface area (Å²) in [4.78, 5) is 12.6. The molecule has 0 atom stereocenters. The first-order chi connectivity index (χ1) is 14.2. The highest BCUT2D eigenvalue weighted by Gasteiger charge is 2.19. The lowest BCUT2D eigenvalue weighted by Crippen LogP contribution is -2.05. The third-order valence-electron chi connectivity index (χ3n) is 4.20. The van der Waals surface area contributed by atoms with E-state index in [0.717, 1.165) is 5.69 Å². The molecule has 0 unspecified atom stereocenters. The second-order valence-corrected chi connectivity index (χ2v) is 7.41. The number of rotatable bonds is 7. The van der Waals surface area contributed by atoms with Gasteiger partial charge in [-0.25, -0.2) is 0 Å². The molecule has 0 bridgehead atoms. The predicted octanol–water partition coefficient (Wildman–Crippen LogP) is 5.16. The van der Waals surface area contributed by atoms with Crippen molar-refractivity contribution >= 4 is 29.1 Å². The smallest absolute Gasteiger partial charge is 0.205 e. The number of thioether (sulfide) groups is 1. The van der Waals surface area contributed by atoms with Gasteiger partial charge in [0.1, 0.15) is 5.75 Å². The number of ketones is 1. The predicted molar refractivity (Wildman–Crippen MR) is 112 cm³/mol. The molecule has 0 radical (unpaired) electrons. The summed E-state index contributed by atoms with van der Waals surface area (Å²) in [6, 6.07) is 18.0. The largest absolute Gasteiger partial charge is 0.497 e. The Morgan fingerprint density at radius 1 is 1.10 bits per heavy atom. The Labute approximate surface area is 176 Å². The first kappa shape index (κ1) is 19.3. The molecule has 0 saturated heterocycles. The molecule has 0 saturated carbocycles. The van der Waals surface area contributed by atoms with E-state index >= 15 is 0 Å². The van der Waals surface area contributed by atoms with Crippen LogP contribution in [0, 0.1) is 0 Å². The number of methoxy groups -OCH3 is 1. The average molecular weight is 426 g/mol. The van der Waals surface area contributed by atoms with Crippen LogP contribution in [0.3, 0.4) is 0 Å². The molecule has 8 heteroatoms. The minimum Gasteiger partial charge on any atom is -0.497 e. The number of halogens is 1. The Morgan fingerprint density at radius 2 is 1.86 bits per heavy atom. The molecule has 6 nitrogen and oxygen atoms in total. The van der Waals surface area contributed by atoms with Crippen molar-refractivity contribution in [3.8, 4) is 23.0 Å². The van der Waals surface area contributed by atoms with Crippen LogP contribution in [0.5, 0.6) is 5.75 Å². The van der Waals surface area contributed by atoms with Crippen molar-refractivity contribution in [1.29, 1.82) is 0 Å². The Balaban J connectivity index is 1.61. The van der Waals surface area contributed by atoms with Gasteiger partial charge in [0.25, 0.3) is 0 Å². The molecule has 146 valence electrons. The SMILES string of the molecule is COc1ccc(C(=O)CSc2nnc(-c3ccco3)n2-c2ccc(Cl)cc2)cc1. The van der Waals surface area contributed by atoms with Gasteiger partial charge < -0.3 is 9.15 Å². The van der Waals surface area contributed by atoms with Crippen molar-refractivity contribution in [3.63, 3.8) is 0 Å². The molecule has 2 aromatic carbocycles. The molecule has 4 rings (SSSR count). The maximum absolute atomic E-state index is 12.6. The van der Waals surface area contributed by atoms with Crippen molar-refractivity contribution in [2.24, 2.45) is 0 Å². The van der Waals surface area contributed by atoms with Gasteiger partial charge >= 0.3 is 0 Å². The number of Topliss-reactive ketones (excluding diaryl/α,β-unsaturated/α-hetero) is 1. The number of ether oxygens (including phenoxy) is 1. The highest BCUT2D eigenvalue weighted by atomic mass is 35.5. The normalized spacial score (nSPS) is 10.8. The van der Waals surface area contributed by atoms with Crippen LogP contribution in [0.1, 0.15) is 10.4 Å². The van der Waals surface area contributed by atoms with E-state index in [1.807, 2.05) is 22.8 Å². The van der Waals surface area contributed by atoms with Crippen LogP contribution < -0.4 is 4.74 Å². The fourth-order valence-corrected chi connectivity index (χ4v) is 3.71. The van der Waals surface area contributed by atoms with Crippen molar-refractivity contribution in [2.45, 2.75) is 5.16 Å². The highest BCUT2D eigenvalue weighted by molar-refractivity contribution is 7.99. The van der Waals surface area contributed by atoms with E-state index in [2.05, 4.69) is 10.2 Å². The zero-order valence-electron chi connectivity index (χ0n) is 15.4. The fourth-order valence-electron chi connectivity index (χ4n) is 2.74. The van der Waals surface area contributed by atoms with Gasteiger partial charge in [-0.15, -0.1) is 10.2 Å². The van der Waals surface area contributed by atoms with E-state index in [9.17, 15) is 4.79 Å². The highest BCUT2D eigenvalue weighted by Crippen LogP contribution is 2.29. The van der Waals surface area contributed by atoms with Crippen LogP contribution in [-0.4, -0.2) is 33.4 Å².